The van der Waals surface area contributed by atoms with E-state index in [0.29, 0.717) is 30.8 Å². The largest absolute Gasteiger partial charge is 0.341 e. The second-order valence-corrected chi connectivity index (χ2v) is 8.57. The number of nitrogens with zero attached hydrogens (tertiary/aromatic N) is 1. The first-order chi connectivity index (χ1) is 14.0. The highest BCUT2D eigenvalue weighted by Gasteiger charge is 2.33. The minimum Gasteiger partial charge on any atom is -0.341 e. The summed E-state index contributed by atoms with van der Waals surface area (Å²) in [6.07, 6.45) is 1.24. The van der Waals surface area contributed by atoms with Crippen molar-refractivity contribution in [3.8, 4) is 0 Å². The van der Waals surface area contributed by atoms with Gasteiger partial charge in [0.05, 0.1) is 4.88 Å². The average molecular weight is 414 g/mol. The van der Waals surface area contributed by atoms with Gasteiger partial charge in [-0.25, -0.2) is 0 Å². The van der Waals surface area contributed by atoms with Gasteiger partial charge >= 0.3 is 0 Å². The number of likely N-dealkylation sites (tertiary alicyclic amines) is 1. The van der Waals surface area contributed by atoms with Crippen LogP contribution in [0.3, 0.4) is 0 Å². The summed E-state index contributed by atoms with van der Waals surface area (Å²) in [5.74, 6) is -0.436. The van der Waals surface area contributed by atoms with Crippen molar-refractivity contribution in [2.24, 2.45) is 11.8 Å². The number of hydrogen-bond acceptors (Lipinski definition) is 4. The number of piperidine rings is 1. The molecule has 3 amide bonds. The highest BCUT2D eigenvalue weighted by molar-refractivity contribution is 7.12. The molecule has 2 heterocycles. The third-order valence-electron chi connectivity index (χ3n) is 5.18. The van der Waals surface area contributed by atoms with Crippen molar-refractivity contribution in [1.82, 2.24) is 10.2 Å². The third kappa shape index (κ3) is 5.44. The Labute approximate surface area is 175 Å². The number of para-hydroxylation sites is 1. The standard InChI is InChI=1S/C22H27N3O3S/c1-15(2)19(24-21(27)18-9-6-14-29-18)22(28)25-12-10-16(11-13-25)20(26)23-17-7-4-3-5-8-17/h3-9,14-16,19H,10-13H2,1-2H3,(H,23,26)(H,24,27). The Morgan fingerprint density at radius 1 is 1.03 bits per heavy atom. The highest BCUT2D eigenvalue weighted by atomic mass is 32.1. The Morgan fingerprint density at radius 3 is 2.31 bits per heavy atom. The van der Waals surface area contributed by atoms with Gasteiger partial charge in [-0.2, -0.15) is 0 Å². The molecule has 29 heavy (non-hydrogen) atoms. The second-order valence-electron chi connectivity index (χ2n) is 7.63. The molecule has 154 valence electrons. The predicted octanol–water partition coefficient (Wildman–Crippen LogP) is 3.38. The zero-order valence-electron chi connectivity index (χ0n) is 16.8. The lowest BCUT2D eigenvalue weighted by molar-refractivity contribution is -0.137. The van der Waals surface area contributed by atoms with E-state index in [0.717, 1.165) is 5.69 Å². The molecule has 7 heteroatoms. The Hall–Kier alpha value is -2.67. The molecule has 0 spiro atoms. The van der Waals surface area contributed by atoms with Gasteiger partial charge < -0.3 is 15.5 Å². The van der Waals surface area contributed by atoms with Crippen LogP contribution < -0.4 is 10.6 Å². The molecular formula is C22H27N3O3S. The molecule has 1 fully saturated rings. The molecule has 1 aliphatic heterocycles. The normalized spacial score (nSPS) is 15.8. The van der Waals surface area contributed by atoms with E-state index < -0.39 is 6.04 Å². The fourth-order valence-electron chi connectivity index (χ4n) is 3.46. The molecule has 2 aromatic rings. The highest BCUT2D eigenvalue weighted by Crippen LogP contribution is 2.21. The van der Waals surface area contributed by atoms with Gasteiger partial charge in [-0.15, -0.1) is 11.3 Å². The smallest absolute Gasteiger partial charge is 0.262 e. The number of amides is 3. The summed E-state index contributed by atoms with van der Waals surface area (Å²) in [6.45, 7) is 4.89. The van der Waals surface area contributed by atoms with E-state index >= 15 is 0 Å². The van der Waals surface area contributed by atoms with Crippen molar-refractivity contribution in [2.75, 3.05) is 18.4 Å². The summed E-state index contributed by atoms with van der Waals surface area (Å²) in [6, 6.07) is 12.4. The summed E-state index contributed by atoms with van der Waals surface area (Å²) in [7, 11) is 0. The summed E-state index contributed by atoms with van der Waals surface area (Å²) < 4.78 is 0. The molecular weight excluding hydrogens is 386 g/mol. The topological polar surface area (TPSA) is 78.5 Å². The molecule has 1 atom stereocenters. The van der Waals surface area contributed by atoms with Crippen LogP contribution in [-0.2, 0) is 9.59 Å². The quantitative estimate of drug-likeness (QED) is 0.762. The number of hydrogen-bond donors (Lipinski definition) is 2. The maximum Gasteiger partial charge on any atom is 0.262 e. The predicted molar refractivity (Wildman–Crippen MR) is 115 cm³/mol. The molecule has 0 bridgehead atoms. The zero-order chi connectivity index (χ0) is 20.8. The van der Waals surface area contributed by atoms with E-state index in [9.17, 15) is 14.4 Å². The van der Waals surface area contributed by atoms with Crippen LogP contribution in [0, 0.1) is 11.8 Å². The monoisotopic (exact) mass is 413 g/mol. The Kier molecular flexibility index (Phi) is 7.04. The van der Waals surface area contributed by atoms with Crippen molar-refractivity contribution >= 4 is 34.7 Å². The first-order valence-corrected chi connectivity index (χ1v) is 10.8. The summed E-state index contributed by atoms with van der Waals surface area (Å²) in [5, 5.41) is 7.66. The van der Waals surface area contributed by atoms with E-state index in [1.165, 1.54) is 11.3 Å². The van der Waals surface area contributed by atoms with E-state index in [-0.39, 0.29) is 29.6 Å². The van der Waals surface area contributed by atoms with E-state index in [1.54, 1.807) is 11.0 Å². The van der Waals surface area contributed by atoms with E-state index in [1.807, 2.05) is 55.6 Å². The SMILES string of the molecule is CC(C)C(NC(=O)c1cccs1)C(=O)N1CCC(C(=O)Nc2ccccc2)CC1. The molecule has 0 aliphatic carbocycles. The van der Waals surface area contributed by atoms with Crippen LogP contribution in [0.2, 0.25) is 0 Å². The number of carbonyl (C=O) groups is 3. The van der Waals surface area contributed by atoms with Gasteiger partial charge in [0.2, 0.25) is 11.8 Å². The van der Waals surface area contributed by atoms with Crippen LogP contribution >= 0.6 is 11.3 Å². The number of carbonyl (C=O) groups excluding carboxylic acids is 3. The molecule has 0 saturated carbocycles. The fraction of sp³-hybridized carbons (Fsp3) is 0.409. The molecule has 6 nitrogen and oxygen atoms in total. The van der Waals surface area contributed by atoms with Crippen LogP contribution in [0.5, 0.6) is 0 Å². The van der Waals surface area contributed by atoms with Gasteiger partial charge in [-0.3, -0.25) is 14.4 Å². The first-order valence-electron chi connectivity index (χ1n) is 9.94. The van der Waals surface area contributed by atoms with Gasteiger partial charge in [0.15, 0.2) is 0 Å². The lowest BCUT2D eigenvalue weighted by Gasteiger charge is -2.35. The minimum absolute atomic E-state index is 0.00490. The van der Waals surface area contributed by atoms with Crippen molar-refractivity contribution in [2.45, 2.75) is 32.7 Å². The average Bonchev–Trinajstić information content (AvgIpc) is 3.27. The van der Waals surface area contributed by atoms with Gasteiger partial charge in [0.25, 0.3) is 5.91 Å². The zero-order valence-corrected chi connectivity index (χ0v) is 17.6. The van der Waals surface area contributed by atoms with Crippen molar-refractivity contribution in [3.05, 3.63) is 52.7 Å². The van der Waals surface area contributed by atoms with Crippen LogP contribution in [-0.4, -0.2) is 41.8 Å². The van der Waals surface area contributed by atoms with Gasteiger partial charge in [-0.1, -0.05) is 38.1 Å². The van der Waals surface area contributed by atoms with Crippen LogP contribution in [0.25, 0.3) is 0 Å². The number of nitrogens with one attached hydrogen (secondary N) is 2. The van der Waals surface area contributed by atoms with Crippen molar-refractivity contribution < 1.29 is 14.4 Å². The Morgan fingerprint density at radius 2 is 1.72 bits per heavy atom. The number of benzene rings is 1. The first kappa shape index (κ1) is 21.0. The lowest BCUT2D eigenvalue weighted by atomic mass is 9.94. The Balaban J connectivity index is 1.54. The van der Waals surface area contributed by atoms with Crippen molar-refractivity contribution in [3.63, 3.8) is 0 Å². The maximum absolute atomic E-state index is 13.0. The van der Waals surface area contributed by atoms with Gasteiger partial charge in [0.1, 0.15) is 6.04 Å². The molecule has 0 radical (unpaired) electrons. The second kappa shape index (κ2) is 9.69. The third-order valence-corrected chi connectivity index (χ3v) is 6.05. The number of thiophene rings is 1. The molecule has 3 rings (SSSR count). The summed E-state index contributed by atoms with van der Waals surface area (Å²) in [4.78, 5) is 40.3. The number of anilines is 1. The number of rotatable bonds is 6. The van der Waals surface area contributed by atoms with E-state index in [4.69, 9.17) is 0 Å². The maximum atomic E-state index is 13.0. The molecule has 2 N–H and O–H groups in total. The van der Waals surface area contributed by atoms with E-state index in [2.05, 4.69) is 10.6 Å². The fourth-order valence-corrected chi connectivity index (χ4v) is 4.09. The summed E-state index contributed by atoms with van der Waals surface area (Å²) >= 11 is 1.35. The van der Waals surface area contributed by atoms with Crippen LogP contribution in [0.4, 0.5) is 5.69 Å². The van der Waals surface area contributed by atoms with Gasteiger partial charge in [-0.05, 0) is 42.3 Å². The van der Waals surface area contributed by atoms with Crippen molar-refractivity contribution in [1.29, 1.82) is 0 Å². The molecule has 1 aromatic heterocycles. The minimum atomic E-state index is -0.570. The van der Waals surface area contributed by atoms with Crippen LogP contribution in [0.15, 0.2) is 47.8 Å². The summed E-state index contributed by atoms with van der Waals surface area (Å²) in [5.41, 5.74) is 0.784. The molecule has 1 aromatic carbocycles. The van der Waals surface area contributed by atoms with Crippen LogP contribution in [0.1, 0.15) is 36.4 Å². The molecule has 1 saturated heterocycles. The lowest BCUT2D eigenvalue weighted by Crippen LogP contribution is -2.53. The Bertz CT molecular complexity index is 828. The molecule has 1 aliphatic rings. The molecule has 1 unspecified atom stereocenters. The van der Waals surface area contributed by atoms with Gasteiger partial charge in [0, 0.05) is 24.7 Å².